The van der Waals surface area contributed by atoms with Crippen molar-refractivity contribution in [3.63, 3.8) is 0 Å². The molecule has 0 heterocycles. The van der Waals surface area contributed by atoms with E-state index in [0.717, 1.165) is 12.2 Å². The number of nitrogens with zero attached hydrogens (tertiary/aromatic N) is 1. The molecular formula is C10H19NO3S. The lowest BCUT2D eigenvalue weighted by atomic mass is 10.2. The molecule has 1 amide bonds. The molecule has 15 heavy (non-hydrogen) atoms. The van der Waals surface area contributed by atoms with Crippen molar-refractivity contribution < 1.29 is 14.7 Å². The maximum atomic E-state index is 11.5. The van der Waals surface area contributed by atoms with Gasteiger partial charge in [-0.25, -0.2) is 0 Å². The van der Waals surface area contributed by atoms with Crippen LogP contribution in [0.15, 0.2) is 0 Å². The monoisotopic (exact) mass is 233 g/mol. The Morgan fingerprint density at radius 3 is 2.47 bits per heavy atom. The molecule has 0 spiro atoms. The van der Waals surface area contributed by atoms with Gasteiger partial charge in [0.1, 0.15) is 0 Å². The molecule has 0 aromatic rings. The van der Waals surface area contributed by atoms with Gasteiger partial charge in [0, 0.05) is 26.4 Å². The quantitative estimate of drug-likeness (QED) is 0.645. The summed E-state index contributed by atoms with van der Waals surface area (Å²) in [5, 5.41) is 8.43. The normalized spacial score (nSPS) is 10.0. The summed E-state index contributed by atoms with van der Waals surface area (Å²) < 4.78 is 0. The van der Waals surface area contributed by atoms with Crippen LogP contribution in [0.3, 0.4) is 0 Å². The third kappa shape index (κ3) is 8.30. The summed E-state index contributed by atoms with van der Waals surface area (Å²) in [4.78, 5) is 23.3. The Labute approximate surface area is 95.0 Å². The molecule has 0 rings (SSSR count). The Morgan fingerprint density at radius 1 is 1.27 bits per heavy atom. The summed E-state index contributed by atoms with van der Waals surface area (Å²) in [6.45, 7) is 0.532. The average molecular weight is 233 g/mol. The average Bonchev–Trinajstić information content (AvgIpc) is 2.17. The standard InChI is InChI=1S/C10H19NO3S/c1-11(7-3-6-10(13)14)9(12)5-4-8-15-2/h3-8H2,1-2H3,(H,13,14). The summed E-state index contributed by atoms with van der Waals surface area (Å²) in [6.07, 6.45) is 4.12. The van der Waals surface area contributed by atoms with Gasteiger partial charge in [-0.15, -0.1) is 0 Å². The molecule has 4 nitrogen and oxygen atoms in total. The van der Waals surface area contributed by atoms with E-state index in [-0.39, 0.29) is 12.3 Å². The van der Waals surface area contributed by atoms with E-state index < -0.39 is 5.97 Å². The lowest BCUT2D eigenvalue weighted by Gasteiger charge is -2.16. The first kappa shape index (κ1) is 14.3. The minimum Gasteiger partial charge on any atom is -0.481 e. The highest BCUT2D eigenvalue weighted by Crippen LogP contribution is 2.03. The van der Waals surface area contributed by atoms with E-state index in [4.69, 9.17) is 5.11 Å². The number of carbonyl (C=O) groups excluding carboxylic acids is 1. The Balaban J connectivity index is 3.55. The SMILES string of the molecule is CSCCCC(=O)N(C)CCCC(=O)O. The van der Waals surface area contributed by atoms with Crippen molar-refractivity contribution in [2.24, 2.45) is 0 Å². The van der Waals surface area contributed by atoms with Gasteiger partial charge in [0.25, 0.3) is 0 Å². The van der Waals surface area contributed by atoms with Crippen molar-refractivity contribution in [2.75, 3.05) is 25.6 Å². The number of carboxylic acid groups (broad SMARTS) is 1. The highest BCUT2D eigenvalue weighted by molar-refractivity contribution is 7.98. The highest BCUT2D eigenvalue weighted by atomic mass is 32.2. The van der Waals surface area contributed by atoms with E-state index in [0.29, 0.717) is 19.4 Å². The topological polar surface area (TPSA) is 57.6 Å². The number of hydrogen-bond acceptors (Lipinski definition) is 3. The van der Waals surface area contributed by atoms with E-state index in [2.05, 4.69) is 0 Å². The maximum absolute atomic E-state index is 11.5. The minimum atomic E-state index is -0.807. The van der Waals surface area contributed by atoms with E-state index in [1.165, 1.54) is 0 Å². The second-order valence-electron chi connectivity index (χ2n) is 3.41. The number of aliphatic carboxylic acids is 1. The lowest BCUT2D eigenvalue weighted by Crippen LogP contribution is -2.27. The molecule has 88 valence electrons. The van der Waals surface area contributed by atoms with E-state index in [1.807, 2.05) is 6.26 Å². The minimum absolute atomic E-state index is 0.106. The zero-order valence-electron chi connectivity index (χ0n) is 9.36. The van der Waals surface area contributed by atoms with E-state index in [9.17, 15) is 9.59 Å². The highest BCUT2D eigenvalue weighted by Gasteiger charge is 2.08. The summed E-state index contributed by atoms with van der Waals surface area (Å²) >= 11 is 1.73. The molecule has 0 aliphatic rings. The number of carboxylic acids is 1. The Morgan fingerprint density at radius 2 is 1.93 bits per heavy atom. The van der Waals surface area contributed by atoms with Gasteiger partial charge in [0.05, 0.1) is 0 Å². The summed E-state index contributed by atoms with van der Waals surface area (Å²) in [6, 6.07) is 0. The Hall–Kier alpha value is -0.710. The first-order chi connectivity index (χ1) is 7.07. The van der Waals surface area contributed by atoms with E-state index in [1.54, 1.807) is 23.7 Å². The maximum Gasteiger partial charge on any atom is 0.303 e. The van der Waals surface area contributed by atoms with Crippen molar-refractivity contribution in [3.05, 3.63) is 0 Å². The van der Waals surface area contributed by atoms with Crippen LogP contribution in [0.25, 0.3) is 0 Å². The molecular weight excluding hydrogens is 214 g/mol. The van der Waals surface area contributed by atoms with Crippen LogP contribution in [0.1, 0.15) is 25.7 Å². The van der Waals surface area contributed by atoms with Crippen molar-refractivity contribution >= 4 is 23.6 Å². The van der Waals surface area contributed by atoms with E-state index >= 15 is 0 Å². The molecule has 0 bridgehead atoms. The molecule has 0 aliphatic heterocycles. The molecule has 0 unspecified atom stereocenters. The van der Waals surface area contributed by atoms with Crippen molar-refractivity contribution in [1.82, 2.24) is 4.90 Å². The molecule has 0 aliphatic carbocycles. The van der Waals surface area contributed by atoms with Crippen molar-refractivity contribution in [3.8, 4) is 0 Å². The number of thioether (sulfide) groups is 1. The molecule has 5 heteroatoms. The van der Waals surface area contributed by atoms with Crippen molar-refractivity contribution in [1.29, 1.82) is 0 Å². The zero-order chi connectivity index (χ0) is 11.7. The fourth-order valence-electron chi connectivity index (χ4n) is 1.15. The smallest absolute Gasteiger partial charge is 0.303 e. The Kier molecular flexibility index (Phi) is 8.18. The van der Waals surface area contributed by atoms with Crippen LogP contribution in [0.5, 0.6) is 0 Å². The third-order valence-electron chi connectivity index (χ3n) is 2.05. The number of amides is 1. The molecule has 0 saturated carbocycles. The van der Waals surface area contributed by atoms with Gasteiger partial charge in [-0.05, 0) is 24.9 Å². The van der Waals surface area contributed by atoms with Gasteiger partial charge in [-0.2, -0.15) is 11.8 Å². The fourth-order valence-corrected chi connectivity index (χ4v) is 1.58. The van der Waals surface area contributed by atoms with Crippen LogP contribution in [0, 0.1) is 0 Å². The zero-order valence-corrected chi connectivity index (χ0v) is 10.2. The number of rotatable bonds is 8. The van der Waals surface area contributed by atoms with Gasteiger partial charge in [-0.1, -0.05) is 0 Å². The lowest BCUT2D eigenvalue weighted by molar-refractivity contribution is -0.138. The second kappa shape index (κ2) is 8.59. The molecule has 1 N–H and O–H groups in total. The van der Waals surface area contributed by atoms with Crippen LogP contribution >= 0.6 is 11.8 Å². The van der Waals surface area contributed by atoms with Gasteiger partial charge in [0.15, 0.2) is 0 Å². The number of hydrogen-bond donors (Lipinski definition) is 1. The third-order valence-corrected chi connectivity index (χ3v) is 2.75. The Bertz CT molecular complexity index is 209. The molecule has 0 aromatic heterocycles. The van der Waals surface area contributed by atoms with Crippen molar-refractivity contribution in [2.45, 2.75) is 25.7 Å². The van der Waals surface area contributed by atoms with Crippen LogP contribution in [0.2, 0.25) is 0 Å². The van der Waals surface area contributed by atoms with Crippen LogP contribution < -0.4 is 0 Å². The van der Waals surface area contributed by atoms with Gasteiger partial charge < -0.3 is 10.0 Å². The molecule has 0 aromatic carbocycles. The predicted molar refractivity (Wildman–Crippen MR) is 62.1 cm³/mol. The molecule has 0 atom stereocenters. The first-order valence-corrected chi connectivity index (χ1v) is 6.42. The molecule has 0 fully saturated rings. The summed E-state index contributed by atoms with van der Waals surface area (Å²) in [5.74, 6) is 0.294. The summed E-state index contributed by atoms with van der Waals surface area (Å²) in [7, 11) is 1.73. The molecule has 0 radical (unpaired) electrons. The van der Waals surface area contributed by atoms with Crippen LogP contribution in [0.4, 0.5) is 0 Å². The van der Waals surface area contributed by atoms with Crippen LogP contribution in [-0.2, 0) is 9.59 Å². The first-order valence-electron chi connectivity index (χ1n) is 5.02. The predicted octanol–water partition coefficient (Wildman–Crippen LogP) is 1.45. The number of carbonyl (C=O) groups is 2. The second-order valence-corrected chi connectivity index (χ2v) is 4.39. The summed E-state index contributed by atoms with van der Waals surface area (Å²) in [5.41, 5.74) is 0. The van der Waals surface area contributed by atoms with Gasteiger partial charge in [-0.3, -0.25) is 9.59 Å². The van der Waals surface area contributed by atoms with Gasteiger partial charge in [0.2, 0.25) is 5.91 Å². The largest absolute Gasteiger partial charge is 0.481 e. The fraction of sp³-hybridized carbons (Fsp3) is 0.800. The van der Waals surface area contributed by atoms with Gasteiger partial charge >= 0.3 is 5.97 Å². The molecule has 0 saturated heterocycles. The van der Waals surface area contributed by atoms with Crippen LogP contribution in [-0.4, -0.2) is 47.5 Å².